The molecular weight excluding hydrogens is 366 g/mol. The van der Waals surface area contributed by atoms with Crippen LogP contribution in [0.4, 0.5) is 5.69 Å². The minimum absolute atomic E-state index is 0.338. The highest BCUT2D eigenvalue weighted by Crippen LogP contribution is 2.42. The highest BCUT2D eigenvalue weighted by Gasteiger charge is 2.19. The zero-order valence-corrected chi connectivity index (χ0v) is 16.4. The van der Waals surface area contributed by atoms with Crippen molar-refractivity contribution in [3.8, 4) is 23.0 Å². The number of carbonyl (C=O) groups excluding carboxylic acids is 1. The van der Waals surface area contributed by atoms with Gasteiger partial charge >= 0.3 is 5.97 Å². The van der Waals surface area contributed by atoms with Gasteiger partial charge in [-0.25, -0.2) is 4.79 Å². The van der Waals surface area contributed by atoms with Crippen molar-refractivity contribution in [3.63, 3.8) is 0 Å². The highest BCUT2D eigenvalue weighted by molar-refractivity contribution is 6.05. The summed E-state index contributed by atoms with van der Waals surface area (Å²) >= 11 is 0. The number of methoxy groups -OCH3 is 3. The molecule has 0 saturated carbocycles. The van der Waals surface area contributed by atoms with Gasteiger partial charge < -0.3 is 29.4 Å². The number of ether oxygens (including phenoxy) is 4. The third kappa shape index (κ3) is 4.46. The Kier molecular flexibility index (Phi) is 6.70. The predicted molar refractivity (Wildman–Crippen MR) is 103 cm³/mol. The van der Waals surface area contributed by atoms with Gasteiger partial charge in [-0.1, -0.05) is 0 Å². The van der Waals surface area contributed by atoms with E-state index in [1.165, 1.54) is 21.3 Å². The van der Waals surface area contributed by atoms with E-state index in [1.807, 2.05) is 0 Å². The number of aryl methyl sites for hydroxylation is 2. The number of rotatable bonds is 8. The topological polar surface area (TPSA) is 103 Å². The number of carboxylic acids is 1. The number of aliphatic carboxylic acids is 1. The lowest BCUT2D eigenvalue weighted by atomic mass is 10.0. The zero-order chi connectivity index (χ0) is 20.8. The van der Waals surface area contributed by atoms with Crippen LogP contribution in [0.25, 0.3) is 0 Å². The summed E-state index contributed by atoms with van der Waals surface area (Å²) in [5.41, 5.74) is 2.14. The first-order valence-electron chi connectivity index (χ1n) is 8.38. The number of carbonyl (C=O) groups is 2. The molecule has 0 saturated heterocycles. The Morgan fingerprint density at radius 2 is 1.54 bits per heavy atom. The summed E-state index contributed by atoms with van der Waals surface area (Å²) in [6, 6.07) is 6.58. The lowest BCUT2D eigenvalue weighted by molar-refractivity contribution is -0.139. The summed E-state index contributed by atoms with van der Waals surface area (Å²) < 4.78 is 21.2. The summed E-state index contributed by atoms with van der Waals surface area (Å²) in [5, 5.41) is 11.6. The molecule has 2 aromatic carbocycles. The Morgan fingerprint density at radius 3 is 2.04 bits per heavy atom. The molecule has 0 unspecified atom stereocenters. The summed E-state index contributed by atoms with van der Waals surface area (Å²) in [5.74, 6) is 0.201. The number of amides is 1. The van der Waals surface area contributed by atoms with Crippen LogP contribution < -0.4 is 24.3 Å². The van der Waals surface area contributed by atoms with Gasteiger partial charge in [0, 0.05) is 5.56 Å². The van der Waals surface area contributed by atoms with Gasteiger partial charge in [-0.3, -0.25) is 4.79 Å². The third-order valence-electron chi connectivity index (χ3n) is 4.01. The van der Waals surface area contributed by atoms with Gasteiger partial charge in [-0.15, -0.1) is 0 Å². The fourth-order valence-corrected chi connectivity index (χ4v) is 2.84. The van der Waals surface area contributed by atoms with Crippen molar-refractivity contribution < 1.29 is 33.6 Å². The van der Waals surface area contributed by atoms with Gasteiger partial charge in [0.05, 0.1) is 27.0 Å². The van der Waals surface area contributed by atoms with E-state index in [2.05, 4.69) is 5.32 Å². The highest BCUT2D eigenvalue weighted by atomic mass is 16.5. The van der Waals surface area contributed by atoms with E-state index in [0.717, 1.165) is 0 Å². The maximum absolute atomic E-state index is 12.7. The Hall–Kier alpha value is -3.42. The van der Waals surface area contributed by atoms with Gasteiger partial charge in [0.2, 0.25) is 5.75 Å². The predicted octanol–water partition coefficient (Wildman–Crippen LogP) is 3.04. The van der Waals surface area contributed by atoms with Gasteiger partial charge in [0.1, 0.15) is 5.75 Å². The molecule has 0 aliphatic heterocycles. The molecule has 0 aliphatic carbocycles. The summed E-state index contributed by atoms with van der Waals surface area (Å²) in [6.07, 6.45) is 0. The van der Waals surface area contributed by atoms with Crippen LogP contribution >= 0.6 is 0 Å². The molecule has 2 rings (SSSR count). The van der Waals surface area contributed by atoms with E-state index in [-0.39, 0.29) is 5.91 Å². The Labute approximate surface area is 163 Å². The summed E-state index contributed by atoms with van der Waals surface area (Å²) in [4.78, 5) is 23.5. The van der Waals surface area contributed by atoms with Crippen molar-refractivity contribution in [3.05, 3.63) is 41.0 Å². The number of benzene rings is 2. The number of nitrogens with one attached hydrogen (secondary N) is 1. The second kappa shape index (κ2) is 8.98. The van der Waals surface area contributed by atoms with Crippen LogP contribution in [0.3, 0.4) is 0 Å². The molecular formula is C20H23NO7. The SMILES string of the molecule is COc1ccc(NC(=O)c2cc(C)c(OCC(=O)O)c(C)c2)c(OC)c1OC. The van der Waals surface area contributed by atoms with Crippen molar-refractivity contribution in [2.75, 3.05) is 33.3 Å². The third-order valence-corrected chi connectivity index (χ3v) is 4.01. The quantitative estimate of drug-likeness (QED) is 0.715. The number of hydrogen-bond donors (Lipinski definition) is 2. The van der Waals surface area contributed by atoms with Crippen LogP contribution in [-0.4, -0.2) is 44.9 Å². The fraction of sp³-hybridized carbons (Fsp3) is 0.300. The molecule has 1 amide bonds. The largest absolute Gasteiger partial charge is 0.493 e. The molecule has 0 atom stereocenters. The summed E-state index contributed by atoms with van der Waals surface area (Å²) in [6.45, 7) is 3.05. The van der Waals surface area contributed by atoms with Crippen molar-refractivity contribution in [2.45, 2.75) is 13.8 Å². The van der Waals surface area contributed by atoms with Crippen LogP contribution in [-0.2, 0) is 4.79 Å². The van der Waals surface area contributed by atoms with Gasteiger partial charge in [-0.2, -0.15) is 0 Å². The van der Waals surface area contributed by atoms with Crippen LogP contribution in [0.1, 0.15) is 21.5 Å². The molecule has 0 aromatic heterocycles. The van der Waals surface area contributed by atoms with Crippen LogP contribution in [0, 0.1) is 13.8 Å². The van der Waals surface area contributed by atoms with E-state index in [9.17, 15) is 9.59 Å². The molecule has 2 aromatic rings. The van der Waals surface area contributed by atoms with E-state index >= 15 is 0 Å². The monoisotopic (exact) mass is 389 g/mol. The van der Waals surface area contributed by atoms with E-state index in [4.69, 9.17) is 24.1 Å². The van der Waals surface area contributed by atoms with E-state index in [1.54, 1.807) is 38.1 Å². The molecule has 0 fully saturated rings. The molecule has 0 aliphatic rings. The molecule has 2 N–H and O–H groups in total. The smallest absolute Gasteiger partial charge is 0.341 e. The standard InChI is InChI=1S/C20H23NO7/c1-11-8-13(9-12(2)17(11)28-10-16(22)23)20(24)21-14-6-7-15(25-3)19(27-5)18(14)26-4/h6-9H,10H2,1-5H3,(H,21,24)(H,22,23). The Morgan fingerprint density at radius 1 is 0.929 bits per heavy atom. The van der Waals surface area contributed by atoms with Crippen molar-refractivity contribution >= 4 is 17.6 Å². The minimum atomic E-state index is -1.07. The van der Waals surface area contributed by atoms with Crippen LogP contribution in [0.5, 0.6) is 23.0 Å². The first kappa shape index (κ1) is 20.9. The minimum Gasteiger partial charge on any atom is -0.493 e. The average Bonchev–Trinajstić information content (AvgIpc) is 2.66. The number of carboxylic acid groups (broad SMARTS) is 1. The summed E-state index contributed by atoms with van der Waals surface area (Å²) in [7, 11) is 4.46. The molecule has 0 spiro atoms. The maximum Gasteiger partial charge on any atom is 0.341 e. The van der Waals surface area contributed by atoms with E-state index in [0.29, 0.717) is 45.4 Å². The molecule has 0 radical (unpaired) electrons. The zero-order valence-electron chi connectivity index (χ0n) is 16.4. The normalized spacial score (nSPS) is 10.2. The van der Waals surface area contributed by atoms with Gasteiger partial charge in [0.25, 0.3) is 5.91 Å². The van der Waals surface area contributed by atoms with Gasteiger partial charge in [-0.05, 0) is 49.2 Å². The van der Waals surface area contributed by atoms with Gasteiger partial charge in [0.15, 0.2) is 18.1 Å². The Balaban J connectivity index is 2.32. The molecule has 0 bridgehead atoms. The Bertz CT molecular complexity index is 869. The number of anilines is 1. The number of hydrogen-bond acceptors (Lipinski definition) is 6. The average molecular weight is 389 g/mol. The molecule has 150 valence electrons. The second-order valence-electron chi connectivity index (χ2n) is 5.96. The molecule has 8 heteroatoms. The van der Waals surface area contributed by atoms with Crippen molar-refractivity contribution in [1.82, 2.24) is 0 Å². The molecule has 0 heterocycles. The lowest BCUT2D eigenvalue weighted by Gasteiger charge is -2.17. The fourth-order valence-electron chi connectivity index (χ4n) is 2.84. The van der Waals surface area contributed by atoms with Crippen LogP contribution in [0.15, 0.2) is 24.3 Å². The van der Waals surface area contributed by atoms with Crippen LogP contribution in [0.2, 0.25) is 0 Å². The van der Waals surface area contributed by atoms with Crippen molar-refractivity contribution in [2.24, 2.45) is 0 Å². The first-order chi connectivity index (χ1) is 13.3. The van der Waals surface area contributed by atoms with E-state index < -0.39 is 12.6 Å². The second-order valence-corrected chi connectivity index (χ2v) is 5.96. The lowest BCUT2D eigenvalue weighted by Crippen LogP contribution is -2.15. The first-order valence-corrected chi connectivity index (χ1v) is 8.38. The molecule has 28 heavy (non-hydrogen) atoms. The molecule has 8 nitrogen and oxygen atoms in total. The van der Waals surface area contributed by atoms with Crippen molar-refractivity contribution in [1.29, 1.82) is 0 Å². The maximum atomic E-state index is 12.7.